The van der Waals surface area contributed by atoms with Gasteiger partial charge in [-0.3, -0.25) is 9.67 Å². The molecule has 0 bridgehead atoms. The van der Waals surface area contributed by atoms with Gasteiger partial charge in [0.25, 0.3) is 0 Å². The summed E-state index contributed by atoms with van der Waals surface area (Å²) in [7, 11) is 3.76. The van der Waals surface area contributed by atoms with Crippen molar-refractivity contribution in [3.05, 3.63) is 17.0 Å². The third kappa shape index (κ3) is 6.96. The highest BCUT2D eigenvalue weighted by atomic mass is 127. The van der Waals surface area contributed by atoms with Crippen molar-refractivity contribution < 1.29 is 4.74 Å². The molecule has 0 saturated heterocycles. The van der Waals surface area contributed by atoms with Crippen LogP contribution in [0.4, 0.5) is 0 Å². The van der Waals surface area contributed by atoms with E-state index in [1.54, 1.807) is 7.05 Å². The topological polar surface area (TPSA) is 63.5 Å². The quantitative estimate of drug-likeness (QED) is 0.363. The lowest BCUT2D eigenvalue weighted by Crippen LogP contribution is -2.39. The molecule has 6 nitrogen and oxygen atoms in total. The van der Waals surface area contributed by atoms with Gasteiger partial charge in [0.2, 0.25) is 0 Å². The summed E-state index contributed by atoms with van der Waals surface area (Å²) in [5.41, 5.74) is 3.47. The Hall–Kier alpha value is -0.830. The minimum atomic E-state index is 0. The fourth-order valence-electron chi connectivity index (χ4n) is 2.62. The lowest BCUT2D eigenvalue weighted by Gasteiger charge is -2.21. The van der Waals surface area contributed by atoms with Gasteiger partial charge in [-0.1, -0.05) is 13.8 Å². The molecule has 24 heavy (non-hydrogen) atoms. The molecule has 0 fully saturated rings. The predicted molar refractivity (Wildman–Crippen MR) is 111 cm³/mol. The molecule has 0 aliphatic rings. The zero-order chi connectivity index (χ0) is 17.4. The lowest BCUT2D eigenvalue weighted by atomic mass is 10.0. The van der Waals surface area contributed by atoms with Crippen molar-refractivity contribution in [3.8, 4) is 0 Å². The third-order valence-corrected chi connectivity index (χ3v) is 4.16. The number of rotatable bonds is 8. The van der Waals surface area contributed by atoms with Gasteiger partial charge in [-0.05, 0) is 33.1 Å². The monoisotopic (exact) mass is 451 g/mol. The average molecular weight is 451 g/mol. The normalized spacial score (nSPS) is 12.9. The molecule has 0 amide bonds. The highest BCUT2D eigenvalue weighted by Crippen LogP contribution is 2.11. The van der Waals surface area contributed by atoms with Crippen molar-refractivity contribution in [2.24, 2.45) is 18.0 Å². The molecule has 1 rings (SSSR count). The summed E-state index contributed by atoms with van der Waals surface area (Å²) >= 11 is 0. The molecular weight excluding hydrogens is 417 g/mol. The minimum Gasteiger partial charge on any atom is -0.378 e. The average Bonchev–Trinajstić information content (AvgIpc) is 2.74. The number of guanidine groups is 1. The maximum absolute atomic E-state index is 5.77. The Bertz CT molecular complexity index is 513. The van der Waals surface area contributed by atoms with Gasteiger partial charge in [0.1, 0.15) is 0 Å². The Morgan fingerprint density at radius 3 is 2.42 bits per heavy atom. The number of nitrogens with one attached hydrogen (secondary N) is 2. The second-order valence-electron chi connectivity index (χ2n) is 6.15. The van der Waals surface area contributed by atoms with E-state index in [-0.39, 0.29) is 30.1 Å². The first-order chi connectivity index (χ1) is 10.9. The molecule has 0 spiro atoms. The molecule has 1 aromatic heterocycles. The van der Waals surface area contributed by atoms with E-state index in [1.807, 2.05) is 25.6 Å². The van der Waals surface area contributed by atoms with Gasteiger partial charge in [0.05, 0.1) is 11.8 Å². The fourth-order valence-corrected chi connectivity index (χ4v) is 2.62. The molecule has 0 radical (unpaired) electrons. The van der Waals surface area contributed by atoms with E-state index in [2.05, 4.69) is 41.5 Å². The molecule has 1 atom stereocenters. The van der Waals surface area contributed by atoms with Crippen LogP contribution in [0.15, 0.2) is 4.99 Å². The number of halogens is 1. The molecule has 1 heterocycles. The van der Waals surface area contributed by atoms with Gasteiger partial charge in [0.15, 0.2) is 5.96 Å². The number of aromatic nitrogens is 2. The zero-order valence-electron chi connectivity index (χ0n) is 16.1. The molecule has 0 aliphatic heterocycles. The van der Waals surface area contributed by atoms with Crippen LogP contribution in [-0.2, 0) is 18.3 Å². The molecule has 2 N–H and O–H groups in total. The lowest BCUT2D eigenvalue weighted by molar-refractivity contribution is 0.0258. The molecule has 0 aliphatic carbocycles. The van der Waals surface area contributed by atoms with Crippen LogP contribution in [0.25, 0.3) is 0 Å². The molecule has 7 heteroatoms. The molecule has 1 unspecified atom stereocenters. The van der Waals surface area contributed by atoms with E-state index in [0.29, 0.717) is 5.92 Å². The number of hydrogen-bond acceptors (Lipinski definition) is 3. The van der Waals surface area contributed by atoms with Crippen molar-refractivity contribution in [2.75, 3.05) is 20.2 Å². The van der Waals surface area contributed by atoms with Gasteiger partial charge in [0, 0.05) is 45.0 Å². The van der Waals surface area contributed by atoms with Crippen molar-refractivity contribution in [1.29, 1.82) is 0 Å². The van der Waals surface area contributed by atoms with E-state index in [4.69, 9.17) is 4.74 Å². The van der Waals surface area contributed by atoms with Crippen LogP contribution in [0.5, 0.6) is 0 Å². The summed E-state index contributed by atoms with van der Waals surface area (Å²) in [5.74, 6) is 1.33. The first kappa shape index (κ1) is 23.2. The Labute approximate surface area is 163 Å². The number of ether oxygens (including phenoxy) is 1. The SMILES string of the molecule is CCOC(CCNC(=NC)NCc1c(C)nn(C)c1C)C(C)C.I. The highest BCUT2D eigenvalue weighted by molar-refractivity contribution is 14.0. The first-order valence-corrected chi connectivity index (χ1v) is 8.45. The number of aliphatic imine (C=N–C) groups is 1. The van der Waals surface area contributed by atoms with Crippen molar-refractivity contribution in [1.82, 2.24) is 20.4 Å². The largest absolute Gasteiger partial charge is 0.378 e. The smallest absolute Gasteiger partial charge is 0.191 e. The summed E-state index contributed by atoms with van der Waals surface area (Å²) in [6, 6.07) is 0. The second kappa shape index (κ2) is 11.7. The van der Waals surface area contributed by atoms with E-state index in [0.717, 1.165) is 37.8 Å². The summed E-state index contributed by atoms with van der Waals surface area (Å²) in [6.07, 6.45) is 1.25. The maximum atomic E-state index is 5.77. The van der Waals surface area contributed by atoms with E-state index >= 15 is 0 Å². The Morgan fingerprint density at radius 2 is 1.96 bits per heavy atom. The first-order valence-electron chi connectivity index (χ1n) is 8.45. The predicted octanol–water partition coefficient (Wildman–Crippen LogP) is 2.77. The number of nitrogens with zero attached hydrogens (tertiary/aromatic N) is 3. The van der Waals surface area contributed by atoms with Crippen LogP contribution >= 0.6 is 24.0 Å². The number of hydrogen-bond donors (Lipinski definition) is 2. The zero-order valence-corrected chi connectivity index (χ0v) is 18.5. The van der Waals surface area contributed by atoms with Crippen LogP contribution in [0.1, 0.15) is 44.1 Å². The van der Waals surface area contributed by atoms with E-state index < -0.39 is 0 Å². The molecular formula is C17H34IN5O. The van der Waals surface area contributed by atoms with Crippen LogP contribution in [0, 0.1) is 19.8 Å². The van der Waals surface area contributed by atoms with Crippen molar-refractivity contribution in [3.63, 3.8) is 0 Å². The summed E-state index contributed by atoms with van der Waals surface area (Å²) in [4.78, 5) is 4.28. The highest BCUT2D eigenvalue weighted by Gasteiger charge is 2.13. The standard InChI is InChI=1S/C17H33N5O.HI/c1-8-23-16(12(2)3)9-10-19-17(18-6)20-11-15-13(4)21-22(7)14(15)5;/h12,16H,8-11H2,1-7H3,(H2,18,19,20);1H. The van der Waals surface area contributed by atoms with Crippen LogP contribution < -0.4 is 10.6 Å². The second-order valence-corrected chi connectivity index (χ2v) is 6.15. The minimum absolute atomic E-state index is 0. The summed E-state index contributed by atoms with van der Waals surface area (Å²) in [5, 5.41) is 11.2. The van der Waals surface area contributed by atoms with Crippen LogP contribution in [0.3, 0.4) is 0 Å². The number of aryl methyl sites for hydroxylation is 2. The Morgan fingerprint density at radius 1 is 1.29 bits per heavy atom. The van der Waals surface area contributed by atoms with Gasteiger partial charge >= 0.3 is 0 Å². The Kier molecular flexibility index (Phi) is 11.3. The van der Waals surface area contributed by atoms with Gasteiger partial charge in [-0.25, -0.2) is 0 Å². The van der Waals surface area contributed by atoms with Crippen LogP contribution in [-0.4, -0.2) is 42.0 Å². The Balaban J connectivity index is 0.00000529. The van der Waals surface area contributed by atoms with Crippen molar-refractivity contribution in [2.45, 2.75) is 53.7 Å². The maximum Gasteiger partial charge on any atom is 0.191 e. The fraction of sp³-hybridized carbons (Fsp3) is 0.765. The molecule has 0 aromatic carbocycles. The molecule has 1 aromatic rings. The van der Waals surface area contributed by atoms with Crippen molar-refractivity contribution >= 4 is 29.9 Å². The van der Waals surface area contributed by atoms with E-state index in [1.165, 1.54) is 11.3 Å². The molecule has 140 valence electrons. The van der Waals surface area contributed by atoms with E-state index in [9.17, 15) is 0 Å². The van der Waals surface area contributed by atoms with Gasteiger partial charge in [-0.2, -0.15) is 5.10 Å². The van der Waals surface area contributed by atoms with Crippen LogP contribution in [0.2, 0.25) is 0 Å². The van der Waals surface area contributed by atoms with Gasteiger partial charge < -0.3 is 15.4 Å². The van der Waals surface area contributed by atoms with Gasteiger partial charge in [-0.15, -0.1) is 24.0 Å². The summed E-state index contributed by atoms with van der Waals surface area (Å²) in [6.45, 7) is 12.9. The summed E-state index contributed by atoms with van der Waals surface area (Å²) < 4.78 is 7.69. The molecule has 0 saturated carbocycles. The third-order valence-electron chi connectivity index (χ3n) is 4.16.